The van der Waals surface area contributed by atoms with E-state index in [-0.39, 0.29) is 12.4 Å². The first kappa shape index (κ1) is 9.71. The molecule has 13 heavy (non-hydrogen) atoms. The highest BCUT2D eigenvalue weighted by Gasteiger charge is 2.03. The van der Waals surface area contributed by atoms with Crippen LogP contribution in [0, 0.1) is 12.7 Å². The molecule has 0 N–H and O–H groups in total. The molecule has 2 nitrogen and oxygen atoms in total. The van der Waals surface area contributed by atoms with Gasteiger partial charge in [0.25, 0.3) is 0 Å². The van der Waals surface area contributed by atoms with Crippen LogP contribution in [0.3, 0.4) is 0 Å². The van der Waals surface area contributed by atoms with Gasteiger partial charge in [0.2, 0.25) is 0 Å². The average Bonchev–Trinajstić information content (AvgIpc) is 2.06. The van der Waals surface area contributed by atoms with Gasteiger partial charge in [-0.05, 0) is 19.1 Å². The summed E-state index contributed by atoms with van der Waals surface area (Å²) in [4.78, 5) is 10.5. The molecule has 3 heteroatoms. The maximum absolute atomic E-state index is 13.0. The number of hydrogen-bond acceptors (Lipinski definition) is 2. The highest BCUT2D eigenvalue weighted by atomic mass is 19.1. The fraction of sp³-hybridized carbons (Fsp3) is 0.300. The van der Waals surface area contributed by atoms with E-state index in [0.717, 1.165) is 5.56 Å². The van der Waals surface area contributed by atoms with Crippen LogP contribution in [0.2, 0.25) is 0 Å². The van der Waals surface area contributed by atoms with Crippen LogP contribution < -0.4 is 0 Å². The predicted octanol–water partition coefficient (Wildman–Crippen LogP) is 2.20. The van der Waals surface area contributed by atoms with Crippen molar-refractivity contribution in [1.82, 2.24) is 0 Å². The maximum Gasteiger partial charge on any atom is 0.302 e. The quantitative estimate of drug-likeness (QED) is 0.655. The van der Waals surface area contributed by atoms with Crippen LogP contribution in [0.25, 0.3) is 0 Å². The molecule has 0 aromatic heterocycles. The molecule has 0 bridgehead atoms. The third-order valence-corrected chi connectivity index (χ3v) is 1.63. The van der Waals surface area contributed by atoms with E-state index in [1.165, 1.54) is 13.0 Å². The number of aryl methyl sites for hydroxylation is 1. The van der Waals surface area contributed by atoms with Crippen molar-refractivity contribution in [2.45, 2.75) is 20.5 Å². The first-order valence-corrected chi connectivity index (χ1v) is 3.98. The molecule has 0 radical (unpaired) electrons. The number of carbonyl (C=O) groups excluding carboxylic acids is 1. The molecule has 0 fully saturated rings. The van der Waals surface area contributed by atoms with Gasteiger partial charge in [-0.2, -0.15) is 0 Å². The van der Waals surface area contributed by atoms with Gasteiger partial charge in [0, 0.05) is 12.5 Å². The van der Waals surface area contributed by atoms with E-state index in [1.807, 2.05) is 6.92 Å². The fourth-order valence-electron chi connectivity index (χ4n) is 0.994. The molecule has 0 saturated carbocycles. The Morgan fingerprint density at radius 2 is 2.23 bits per heavy atom. The Morgan fingerprint density at radius 3 is 2.85 bits per heavy atom. The molecule has 70 valence electrons. The van der Waals surface area contributed by atoms with Crippen LogP contribution in [0.15, 0.2) is 18.2 Å². The number of carbonyl (C=O) groups is 1. The molecular weight excluding hydrogens is 171 g/mol. The molecule has 0 unspecified atom stereocenters. The molecule has 0 spiro atoms. The second-order valence-corrected chi connectivity index (χ2v) is 2.88. The first-order valence-electron chi connectivity index (χ1n) is 3.98. The third-order valence-electron chi connectivity index (χ3n) is 1.63. The Balaban J connectivity index is 2.75. The smallest absolute Gasteiger partial charge is 0.302 e. The summed E-state index contributed by atoms with van der Waals surface area (Å²) >= 11 is 0. The summed E-state index contributed by atoms with van der Waals surface area (Å²) in [5, 5.41) is 0. The van der Waals surface area contributed by atoms with E-state index < -0.39 is 5.97 Å². The monoisotopic (exact) mass is 182 g/mol. The third kappa shape index (κ3) is 2.86. The molecule has 0 aliphatic carbocycles. The topological polar surface area (TPSA) is 26.3 Å². The summed E-state index contributed by atoms with van der Waals surface area (Å²) in [6.07, 6.45) is 0. The van der Waals surface area contributed by atoms with Gasteiger partial charge in [0.05, 0.1) is 0 Å². The second-order valence-electron chi connectivity index (χ2n) is 2.88. The van der Waals surface area contributed by atoms with Crippen LogP contribution in [-0.4, -0.2) is 5.97 Å². The van der Waals surface area contributed by atoms with Crippen LogP contribution in [0.1, 0.15) is 18.1 Å². The normalized spacial score (nSPS) is 9.77. The molecular formula is C10H11FO2. The van der Waals surface area contributed by atoms with E-state index in [1.54, 1.807) is 12.1 Å². The van der Waals surface area contributed by atoms with E-state index >= 15 is 0 Å². The number of halogens is 1. The summed E-state index contributed by atoms with van der Waals surface area (Å²) in [5.74, 6) is -0.743. The average molecular weight is 182 g/mol. The fourth-order valence-corrected chi connectivity index (χ4v) is 0.994. The summed E-state index contributed by atoms with van der Waals surface area (Å²) in [7, 11) is 0. The first-order chi connectivity index (χ1) is 6.09. The van der Waals surface area contributed by atoms with Crippen LogP contribution >= 0.6 is 0 Å². The molecule has 0 amide bonds. The van der Waals surface area contributed by atoms with Gasteiger partial charge in [-0.1, -0.05) is 11.6 Å². The molecule has 0 saturated heterocycles. The van der Waals surface area contributed by atoms with Gasteiger partial charge in [-0.25, -0.2) is 4.39 Å². The SMILES string of the molecule is CC(=O)OCc1cc(C)ccc1F. The zero-order valence-corrected chi connectivity index (χ0v) is 7.63. The summed E-state index contributed by atoms with van der Waals surface area (Å²) < 4.78 is 17.7. The Morgan fingerprint density at radius 1 is 1.54 bits per heavy atom. The van der Waals surface area contributed by atoms with E-state index in [2.05, 4.69) is 4.74 Å². The number of hydrogen-bond donors (Lipinski definition) is 0. The van der Waals surface area contributed by atoms with Crippen molar-refractivity contribution < 1.29 is 13.9 Å². The summed E-state index contributed by atoms with van der Waals surface area (Å²) in [5.41, 5.74) is 1.36. The van der Waals surface area contributed by atoms with Crippen LogP contribution in [0.5, 0.6) is 0 Å². The highest BCUT2D eigenvalue weighted by molar-refractivity contribution is 5.65. The Labute approximate surface area is 76.3 Å². The lowest BCUT2D eigenvalue weighted by Gasteiger charge is -2.04. The lowest BCUT2D eigenvalue weighted by Crippen LogP contribution is -2.01. The van der Waals surface area contributed by atoms with Crippen LogP contribution in [0.4, 0.5) is 4.39 Å². The molecule has 0 aliphatic heterocycles. The van der Waals surface area contributed by atoms with Gasteiger partial charge in [-0.15, -0.1) is 0 Å². The molecule has 0 aliphatic rings. The van der Waals surface area contributed by atoms with Crippen molar-refractivity contribution >= 4 is 5.97 Å². The summed E-state index contributed by atoms with van der Waals surface area (Å²) in [6, 6.07) is 4.71. The Kier molecular flexibility index (Phi) is 3.01. The largest absolute Gasteiger partial charge is 0.461 e. The van der Waals surface area contributed by atoms with Crippen molar-refractivity contribution in [3.05, 3.63) is 35.1 Å². The Hall–Kier alpha value is -1.38. The van der Waals surface area contributed by atoms with Crippen molar-refractivity contribution in [3.8, 4) is 0 Å². The minimum atomic E-state index is -0.402. The summed E-state index contributed by atoms with van der Waals surface area (Å²) in [6.45, 7) is 3.16. The number of ether oxygens (including phenoxy) is 1. The maximum atomic E-state index is 13.0. The Bertz CT molecular complexity index is 321. The molecule has 0 heterocycles. The lowest BCUT2D eigenvalue weighted by molar-refractivity contribution is -0.142. The molecule has 1 aromatic carbocycles. The van der Waals surface area contributed by atoms with Crippen molar-refractivity contribution in [3.63, 3.8) is 0 Å². The van der Waals surface area contributed by atoms with Gasteiger partial charge in [0.1, 0.15) is 12.4 Å². The number of benzene rings is 1. The minimum absolute atomic E-state index is 0.00282. The number of esters is 1. The van der Waals surface area contributed by atoms with E-state index in [0.29, 0.717) is 5.56 Å². The minimum Gasteiger partial charge on any atom is -0.461 e. The lowest BCUT2D eigenvalue weighted by atomic mass is 10.1. The standard InChI is InChI=1S/C10H11FO2/c1-7-3-4-10(11)9(5-7)6-13-8(2)12/h3-5H,6H2,1-2H3. The van der Waals surface area contributed by atoms with Crippen LogP contribution in [-0.2, 0) is 16.1 Å². The highest BCUT2D eigenvalue weighted by Crippen LogP contribution is 2.10. The van der Waals surface area contributed by atoms with Gasteiger partial charge in [0.15, 0.2) is 0 Å². The second kappa shape index (κ2) is 4.03. The zero-order chi connectivity index (χ0) is 9.84. The van der Waals surface area contributed by atoms with Gasteiger partial charge >= 0.3 is 5.97 Å². The van der Waals surface area contributed by atoms with E-state index in [9.17, 15) is 9.18 Å². The predicted molar refractivity (Wildman–Crippen MR) is 46.6 cm³/mol. The van der Waals surface area contributed by atoms with Crippen molar-refractivity contribution in [1.29, 1.82) is 0 Å². The molecule has 0 atom stereocenters. The van der Waals surface area contributed by atoms with Crippen molar-refractivity contribution in [2.75, 3.05) is 0 Å². The van der Waals surface area contributed by atoms with Gasteiger partial charge < -0.3 is 4.74 Å². The molecule has 1 aromatic rings. The van der Waals surface area contributed by atoms with Gasteiger partial charge in [-0.3, -0.25) is 4.79 Å². The molecule has 1 rings (SSSR count). The number of rotatable bonds is 2. The van der Waals surface area contributed by atoms with Crippen molar-refractivity contribution in [2.24, 2.45) is 0 Å². The zero-order valence-electron chi connectivity index (χ0n) is 7.63. The van der Waals surface area contributed by atoms with E-state index in [4.69, 9.17) is 0 Å².